The van der Waals surface area contributed by atoms with E-state index < -0.39 is 67.0 Å². The van der Waals surface area contributed by atoms with Crippen molar-refractivity contribution in [2.24, 2.45) is 0 Å². The Morgan fingerprint density at radius 2 is 1.53 bits per heavy atom. The van der Waals surface area contributed by atoms with Crippen molar-refractivity contribution in [3.8, 4) is 5.75 Å². The largest absolute Gasteiger partial charge is 0.465 e. The molecule has 204 valence electrons. The van der Waals surface area contributed by atoms with Crippen molar-refractivity contribution >= 4 is 40.6 Å². The zero-order valence-corrected chi connectivity index (χ0v) is 21.5. The van der Waals surface area contributed by atoms with Crippen molar-refractivity contribution in [1.29, 1.82) is 0 Å². The van der Waals surface area contributed by atoms with Gasteiger partial charge in [-0.25, -0.2) is 4.79 Å². The summed E-state index contributed by atoms with van der Waals surface area (Å²) in [5, 5.41) is 3.89. The summed E-state index contributed by atoms with van der Waals surface area (Å²) in [5.41, 5.74) is 0.0686. The number of hydrogen-bond acceptors (Lipinski definition) is 11. The van der Waals surface area contributed by atoms with Crippen LogP contribution >= 0.6 is 0 Å². The van der Waals surface area contributed by atoms with E-state index in [4.69, 9.17) is 28.4 Å². The van der Waals surface area contributed by atoms with Gasteiger partial charge in [0.15, 0.2) is 12.2 Å². The zero-order chi connectivity index (χ0) is 28.0. The van der Waals surface area contributed by atoms with Gasteiger partial charge in [0.1, 0.15) is 30.1 Å². The summed E-state index contributed by atoms with van der Waals surface area (Å²) >= 11 is 0. The average Bonchev–Trinajstić information content (AvgIpc) is 2.85. The second-order valence-corrected chi connectivity index (χ2v) is 8.49. The standard InChI is InChI=1S/C26H29NO11/c1-13(28)27-21-24(36-16(4)31)23(35-15(3)30)20(12-34-14(2)29)37-26(21)38-22-18-9-7-6-8-17(18)10-11-19(22)25(32)33-5/h6-11,20-21,23-24,26H,12H2,1-5H3,(H,27,28)/t20-,21+,23+,24-,26+/m1/s1. The number of carbonyl (C=O) groups is 5. The molecule has 1 saturated heterocycles. The summed E-state index contributed by atoms with van der Waals surface area (Å²) in [7, 11) is 1.22. The van der Waals surface area contributed by atoms with Gasteiger partial charge in [0.25, 0.3) is 0 Å². The van der Waals surface area contributed by atoms with Crippen LogP contribution in [0.15, 0.2) is 36.4 Å². The highest BCUT2D eigenvalue weighted by atomic mass is 16.7. The molecule has 12 nitrogen and oxygen atoms in total. The van der Waals surface area contributed by atoms with Crippen LogP contribution < -0.4 is 10.1 Å². The van der Waals surface area contributed by atoms with E-state index in [1.54, 1.807) is 30.3 Å². The van der Waals surface area contributed by atoms with E-state index in [0.717, 1.165) is 19.2 Å². The first-order valence-electron chi connectivity index (χ1n) is 11.7. The Kier molecular flexibility index (Phi) is 9.24. The summed E-state index contributed by atoms with van der Waals surface area (Å²) in [6.45, 7) is 4.30. The van der Waals surface area contributed by atoms with Crippen LogP contribution in [-0.2, 0) is 42.9 Å². The van der Waals surface area contributed by atoms with Gasteiger partial charge in [-0.3, -0.25) is 19.2 Å². The van der Waals surface area contributed by atoms with Gasteiger partial charge in [-0.05, 0) is 11.5 Å². The molecule has 3 rings (SSSR count). The average molecular weight is 532 g/mol. The molecule has 1 fully saturated rings. The Hall–Kier alpha value is -4.19. The number of fused-ring (bicyclic) bond motifs is 1. The zero-order valence-electron chi connectivity index (χ0n) is 21.5. The summed E-state index contributed by atoms with van der Waals surface area (Å²) in [6.07, 6.45) is -5.15. The van der Waals surface area contributed by atoms with E-state index in [1.165, 1.54) is 27.0 Å². The van der Waals surface area contributed by atoms with Gasteiger partial charge < -0.3 is 33.7 Å². The maximum atomic E-state index is 12.6. The Morgan fingerprint density at radius 1 is 0.868 bits per heavy atom. The molecule has 0 spiro atoms. The van der Waals surface area contributed by atoms with Crippen molar-refractivity contribution in [2.45, 2.75) is 58.3 Å². The smallest absolute Gasteiger partial charge is 0.341 e. The van der Waals surface area contributed by atoms with Gasteiger partial charge in [0.2, 0.25) is 12.2 Å². The lowest BCUT2D eigenvalue weighted by molar-refractivity contribution is -0.257. The number of hydrogen-bond donors (Lipinski definition) is 1. The lowest BCUT2D eigenvalue weighted by Gasteiger charge is -2.45. The minimum atomic E-state index is -1.40. The molecule has 1 aliphatic rings. The van der Waals surface area contributed by atoms with E-state index in [0.29, 0.717) is 5.39 Å². The number of methoxy groups -OCH3 is 1. The highest BCUT2D eigenvalue weighted by Crippen LogP contribution is 2.35. The summed E-state index contributed by atoms with van der Waals surface area (Å²) in [6, 6.07) is 9.08. The Bertz CT molecular complexity index is 1230. The third-order valence-electron chi connectivity index (χ3n) is 5.59. The van der Waals surface area contributed by atoms with Gasteiger partial charge in [0.05, 0.1) is 7.11 Å². The SMILES string of the molecule is COC(=O)c1ccc2ccccc2c1O[C@@H]1O[C@H](COC(C)=O)[C@H](OC(C)=O)[C@H](OC(C)=O)[C@@H]1NC(C)=O. The van der Waals surface area contributed by atoms with Gasteiger partial charge >= 0.3 is 23.9 Å². The molecule has 0 saturated carbocycles. The highest BCUT2D eigenvalue weighted by Gasteiger charge is 2.52. The van der Waals surface area contributed by atoms with Crippen LogP contribution in [0.25, 0.3) is 10.8 Å². The third kappa shape index (κ3) is 6.76. The number of esters is 4. The van der Waals surface area contributed by atoms with E-state index in [-0.39, 0.29) is 11.3 Å². The van der Waals surface area contributed by atoms with E-state index >= 15 is 0 Å². The Labute approximate surface area is 218 Å². The van der Waals surface area contributed by atoms with E-state index in [1.807, 2.05) is 0 Å². The molecule has 2 aromatic carbocycles. The first-order chi connectivity index (χ1) is 18.0. The normalized spacial score (nSPS) is 22.6. The fraction of sp³-hybridized carbons (Fsp3) is 0.423. The number of nitrogens with one attached hydrogen (secondary N) is 1. The number of rotatable bonds is 8. The molecule has 1 amide bonds. The molecule has 1 heterocycles. The predicted molar refractivity (Wildman–Crippen MR) is 130 cm³/mol. The monoisotopic (exact) mass is 531 g/mol. The number of amides is 1. The first kappa shape index (κ1) is 28.4. The molecule has 1 N–H and O–H groups in total. The minimum absolute atomic E-state index is 0.0686. The summed E-state index contributed by atoms with van der Waals surface area (Å²) < 4.78 is 33.2. The van der Waals surface area contributed by atoms with E-state index in [2.05, 4.69) is 5.32 Å². The minimum Gasteiger partial charge on any atom is -0.465 e. The van der Waals surface area contributed by atoms with E-state index in [9.17, 15) is 24.0 Å². The molecule has 1 aliphatic heterocycles. The molecule has 12 heteroatoms. The topological polar surface area (TPSA) is 153 Å². The molecule has 0 aliphatic carbocycles. The van der Waals surface area contributed by atoms with Crippen molar-refractivity contribution in [2.75, 3.05) is 13.7 Å². The molecule has 2 aromatic rings. The summed E-state index contributed by atoms with van der Waals surface area (Å²) in [5.74, 6) is -3.25. The van der Waals surface area contributed by atoms with Crippen molar-refractivity contribution in [1.82, 2.24) is 5.32 Å². The fourth-order valence-corrected chi connectivity index (χ4v) is 4.15. The molecule has 0 bridgehead atoms. The van der Waals surface area contributed by atoms with Crippen LogP contribution in [0.2, 0.25) is 0 Å². The quantitative estimate of drug-likeness (QED) is 0.391. The second kappa shape index (κ2) is 12.4. The van der Waals surface area contributed by atoms with Crippen LogP contribution in [0.3, 0.4) is 0 Å². The fourth-order valence-electron chi connectivity index (χ4n) is 4.15. The van der Waals surface area contributed by atoms with Crippen LogP contribution in [-0.4, -0.2) is 74.1 Å². The molecular weight excluding hydrogens is 502 g/mol. The third-order valence-corrected chi connectivity index (χ3v) is 5.59. The first-order valence-corrected chi connectivity index (χ1v) is 11.7. The van der Waals surface area contributed by atoms with Crippen molar-refractivity contribution in [3.63, 3.8) is 0 Å². The van der Waals surface area contributed by atoms with Gasteiger partial charge in [-0.2, -0.15) is 0 Å². The Balaban J connectivity index is 2.15. The van der Waals surface area contributed by atoms with Crippen molar-refractivity contribution in [3.05, 3.63) is 42.0 Å². The van der Waals surface area contributed by atoms with Crippen LogP contribution in [0.4, 0.5) is 0 Å². The molecule has 0 aromatic heterocycles. The second-order valence-electron chi connectivity index (χ2n) is 8.49. The van der Waals surface area contributed by atoms with Gasteiger partial charge in [-0.15, -0.1) is 0 Å². The number of benzene rings is 2. The maximum Gasteiger partial charge on any atom is 0.341 e. The number of carbonyl (C=O) groups excluding carboxylic acids is 5. The van der Waals surface area contributed by atoms with Gasteiger partial charge in [-0.1, -0.05) is 30.3 Å². The van der Waals surface area contributed by atoms with Crippen LogP contribution in [0.1, 0.15) is 38.1 Å². The van der Waals surface area contributed by atoms with Crippen molar-refractivity contribution < 1.29 is 52.4 Å². The molecule has 38 heavy (non-hydrogen) atoms. The lowest BCUT2D eigenvalue weighted by Crippen LogP contribution is -2.67. The molecule has 0 radical (unpaired) electrons. The Morgan fingerprint density at radius 3 is 2.13 bits per heavy atom. The lowest BCUT2D eigenvalue weighted by atomic mass is 9.95. The predicted octanol–water partition coefficient (Wildman–Crippen LogP) is 1.66. The van der Waals surface area contributed by atoms with Gasteiger partial charge in [0, 0.05) is 33.1 Å². The van der Waals surface area contributed by atoms with Crippen LogP contribution in [0, 0.1) is 0 Å². The highest BCUT2D eigenvalue weighted by molar-refractivity contribution is 6.01. The number of ether oxygens (including phenoxy) is 6. The summed E-state index contributed by atoms with van der Waals surface area (Å²) in [4.78, 5) is 60.3. The molecule has 0 unspecified atom stereocenters. The molecule has 5 atom stereocenters. The van der Waals surface area contributed by atoms with Crippen LogP contribution in [0.5, 0.6) is 5.75 Å². The maximum absolute atomic E-state index is 12.6. The molecular formula is C26H29NO11.